The van der Waals surface area contributed by atoms with Crippen LogP contribution in [0.25, 0.3) is 0 Å². The van der Waals surface area contributed by atoms with Crippen LogP contribution in [-0.4, -0.2) is 23.8 Å². The molecule has 6 heteroatoms. The zero-order chi connectivity index (χ0) is 16.5. The quantitative estimate of drug-likeness (QED) is 0.913. The fourth-order valence-corrected chi connectivity index (χ4v) is 2.86. The predicted octanol–water partition coefficient (Wildman–Crippen LogP) is 3.44. The molecule has 1 aliphatic carbocycles. The number of rotatable bonds is 5. The molecule has 2 aromatic rings. The molecule has 1 saturated carbocycles. The molecule has 2 heterocycles. The van der Waals surface area contributed by atoms with Gasteiger partial charge in [-0.05, 0) is 49.6 Å². The highest BCUT2D eigenvalue weighted by molar-refractivity contribution is 5.75. The molecule has 1 aromatic carbocycles. The lowest BCUT2D eigenvalue weighted by Crippen LogP contribution is -2.41. The Morgan fingerprint density at radius 3 is 2.88 bits per heavy atom. The SMILES string of the molecule is CC(NC(=O)N(Cc1ccco1)C1CC1)c1ccc2c(c1)OCO2. The van der Waals surface area contributed by atoms with Crippen molar-refractivity contribution in [2.45, 2.75) is 38.4 Å². The molecule has 2 aliphatic rings. The van der Waals surface area contributed by atoms with Crippen molar-refractivity contribution in [2.75, 3.05) is 6.79 Å². The minimum atomic E-state index is -0.121. The lowest BCUT2D eigenvalue weighted by atomic mass is 10.1. The predicted molar refractivity (Wildman–Crippen MR) is 86.8 cm³/mol. The third-order valence-corrected chi connectivity index (χ3v) is 4.39. The van der Waals surface area contributed by atoms with Gasteiger partial charge in [-0.2, -0.15) is 0 Å². The van der Waals surface area contributed by atoms with Crippen LogP contribution >= 0.6 is 0 Å². The van der Waals surface area contributed by atoms with E-state index in [1.165, 1.54) is 0 Å². The second kappa shape index (κ2) is 6.11. The first kappa shape index (κ1) is 14.9. The molecule has 6 nitrogen and oxygen atoms in total. The zero-order valence-electron chi connectivity index (χ0n) is 13.5. The van der Waals surface area contributed by atoms with Crippen LogP contribution in [-0.2, 0) is 6.54 Å². The fourth-order valence-electron chi connectivity index (χ4n) is 2.86. The molecule has 1 fully saturated rings. The number of urea groups is 1. The maximum atomic E-state index is 12.7. The van der Waals surface area contributed by atoms with E-state index in [9.17, 15) is 4.79 Å². The number of amides is 2. The van der Waals surface area contributed by atoms with Crippen molar-refractivity contribution in [1.82, 2.24) is 10.2 Å². The average molecular weight is 328 g/mol. The van der Waals surface area contributed by atoms with Gasteiger partial charge in [0.1, 0.15) is 5.76 Å². The van der Waals surface area contributed by atoms with Gasteiger partial charge in [-0.1, -0.05) is 6.07 Å². The highest BCUT2D eigenvalue weighted by Gasteiger charge is 2.33. The van der Waals surface area contributed by atoms with Crippen LogP contribution in [0.4, 0.5) is 4.79 Å². The molecule has 0 spiro atoms. The van der Waals surface area contributed by atoms with Gasteiger partial charge in [0.05, 0.1) is 18.8 Å². The van der Waals surface area contributed by atoms with Crippen LogP contribution in [0.15, 0.2) is 41.0 Å². The van der Waals surface area contributed by atoms with Gasteiger partial charge in [-0.15, -0.1) is 0 Å². The molecule has 1 N–H and O–H groups in total. The van der Waals surface area contributed by atoms with Crippen LogP contribution < -0.4 is 14.8 Å². The number of nitrogens with zero attached hydrogens (tertiary/aromatic N) is 1. The smallest absolute Gasteiger partial charge is 0.318 e. The van der Waals surface area contributed by atoms with Crippen molar-refractivity contribution in [1.29, 1.82) is 0 Å². The summed E-state index contributed by atoms with van der Waals surface area (Å²) in [6.07, 6.45) is 3.73. The van der Waals surface area contributed by atoms with Crippen molar-refractivity contribution in [3.63, 3.8) is 0 Å². The molecule has 126 valence electrons. The van der Waals surface area contributed by atoms with Gasteiger partial charge < -0.3 is 24.1 Å². The minimum absolute atomic E-state index is 0.0703. The Hall–Kier alpha value is -2.63. The average Bonchev–Trinajstić information content (AvgIpc) is 3.10. The van der Waals surface area contributed by atoms with Crippen molar-refractivity contribution < 1.29 is 18.7 Å². The van der Waals surface area contributed by atoms with Crippen LogP contribution in [0.5, 0.6) is 11.5 Å². The maximum absolute atomic E-state index is 12.7. The molecule has 0 radical (unpaired) electrons. The topological polar surface area (TPSA) is 63.9 Å². The number of furan rings is 1. The Labute approximate surface area is 140 Å². The Bertz CT molecular complexity index is 725. The lowest BCUT2D eigenvalue weighted by Gasteiger charge is -2.24. The van der Waals surface area contributed by atoms with Gasteiger partial charge >= 0.3 is 6.03 Å². The van der Waals surface area contributed by atoms with Gasteiger partial charge in [0.25, 0.3) is 0 Å². The van der Waals surface area contributed by atoms with Crippen LogP contribution in [0.2, 0.25) is 0 Å². The molecule has 4 rings (SSSR count). The van der Waals surface area contributed by atoms with E-state index in [0.717, 1.165) is 35.7 Å². The van der Waals surface area contributed by atoms with Crippen molar-refractivity contribution in [2.24, 2.45) is 0 Å². The largest absolute Gasteiger partial charge is 0.467 e. The van der Waals surface area contributed by atoms with E-state index in [0.29, 0.717) is 12.6 Å². The highest BCUT2D eigenvalue weighted by Crippen LogP contribution is 2.34. The first-order valence-electron chi connectivity index (χ1n) is 8.20. The van der Waals surface area contributed by atoms with Crippen LogP contribution in [0.1, 0.15) is 37.1 Å². The Balaban J connectivity index is 1.43. The highest BCUT2D eigenvalue weighted by atomic mass is 16.7. The van der Waals surface area contributed by atoms with E-state index in [-0.39, 0.29) is 18.9 Å². The Kier molecular flexibility index (Phi) is 3.80. The number of carbonyl (C=O) groups excluding carboxylic acids is 1. The van der Waals surface area contributed by atoms with Gasteiger partial charge in [-0.3, -0.25) is 0 Å². The molecule has 0 bridgehead atoms. The van der Waals surface area contributed by atoms with E-state index >= 15 is 0 Å². The summed E-state index contributed by atoms with van der Waals surface area (Å²) in [6, 6.07) is 9.59. The third-order valence-electron chi connectivity index (χ3n) is 4.39. The number of hydrogen-bond acceptors (Lipinski definition) is 4. The first-order valence-corrected chi connectivity index (χ1v) is 8.20. The second-order valence-corrected chi connectivity index (χ2v) is 6.22. The summed E-state index contributed by atoms with van der Waals surface area (Å²) in [5.74, 6) is 2.27. The lowest BCUT2D eigenvalue weighted by molar-refractivity contribution is 0.173. The Morgan fingerprint density at radius 1 is 1.29 bits per heavy atom. The van der Waals surface area contributed by atoms with Gasteiger partial charge in [0.15, 0.2) is 11.5 Å². The molecular weight excluding hydrogens is 308 g/mol. The monoisotopic (exact) mass is 328 g/mol. The maximum Gasteiger partial charge on any atom is 0.318 e. The van der Waals surface area contributed by atoms with Crippen molar-refractivity contribution >= 4 is 6.03 Å². The van der Waals surface area contributed by atoms with E-state index in [1.54, 1.807) is 6.26 Å². The molecule has 2 amide bonds. The normalized spacial score (nSPS) is 16.7. The second-order valence-electron chi connectivity index (χ2n) is 6.22. The number of benzene rings is 1. The minimum Gasteiger partial charge on any atom is -0.467 e. The molecule has 1 atom stereocenters. The number of nitrogens with one attached hydrogen (secondary N) is 1. The summed E-state index contributed by atoms with van der Waals surface area (Å²) >= 11 is 0. The van der Waals surface area contributed by atoms with Gasteiger partial charge in [0, 0.05) is 6.04 Å². The Morgan fingerprint density at radius 2 is 2.12 bits per heavy atom. The van der Waals surface area contributed by atoms with Gasteiger partial charge in [-0.25, -0.2) is 4.79 Å². The summed E-state index contributed by atoms with van der Waals surface area (Å²) in [6.45, 7) is 2.71. The molecule has 1 aromatic heterocycles. The molecular formula is C18H20N2O4. The van der Waals surface area contributed by atoms with Crippen molar-refractivity contribution in [3.05, 3.63) is 47.9 Å². The number of hydrogen-bond donors (Lipinski definition) is 1. The molecule has 1 aliphatic heterocycles. The number of fused-ring (bicyclic) bond motifs is 1. The first-order chi connectivity index (χ1) is 11.7. The van der Waals surface area contributed by atoms with Crippen LogP contribution in [0, 0.1) is 0 Å². The summed E-state index contributed by atoms with van der Waals surface area (Å²) in [5.41, 5.74) is 0.987. The zero-order valence-corrected chi connectivity index (χ0v) is 13.5. The standard InChI is InChI=1S/C18H20N2O4/c1-12(13-4-7-16-17(9-13)24-11-23-16)19-18(21)20(14-5-6-14)10-15-3-2-8-22-15/h2-4,7-9,12,14H,5-6,10-11H2,1H3,(H,19,21). The molecule has 24 heavy (non-hydrogen) atoms. The fraction of sp³-hybridized carbons (Fsp3) is 0.389. The summed E-state index contributed by atoms with van der Waals surface area (Å²) in [7, 11) is 0. The van der Waals surface area contributed by atoms with Crippen molar-refractivity contribution in [3.8, 4) is 11.5 Å². The third kappa shape index (κ3) is 3.04. The molecule has 0 saturated heterocycles. The summed E-state index contributed by atoms with van der Waals surface area (Å²) < 4.78 is 16.1. The summed E-state index contributed by atoms with van der Waals surface area (Å²) in [4.78, 5) is 14.5. The van der Waals surface area contributed by atoms with E-state index < -0.39 is 0 Å². The van der Waals surface area contributed by atoms with Gasteiger partial charge in [0.2, 0.25) is 6.79 Å². The molecule has 1 unspecified atom stereocenters. The van der Waals surface area contributed by atoms with E-state index in [4.69, 9.17) is 13.9 Å². The van der Waals surface area contributed by atoms with E-state index in [2.05, 4.69) is 5.32 Å². The summed E-state index contributed by atoms with van der Waals surface area (Å²) in [5, 5.41) is 3.07. The van der Waals surface area contributed by atoms with Crippen LogP contribution in [0.3, 0.4) is 0 Å². The number of carbonyl (C=O) groups is 1. The van der Waals surface area contributed by atoms with E-state index in [1.807, 2.05) is 42.2 Å². The number of ether oxygens (including phenoxy) is 2.